The van der Waals surface area contributed by atoms with Gasteiger partial charge in [0.05, 0.1) is 11.8 Å². The molecule has 0 aliphatic carbocycles. The molecule has 3 N–H and O–H groups in total. The summed E-state index contributed by atoms with van der Waals surface area (Å²) in [7, 11) is 0. The van der Waals surface area contributed by atoms with E-state index in [0.29, 0.717) is 5.65 Å². The molecule has 2 rings (SSSR count). The predicted molar refractivity (Wildman–Crippen MR) is 78.7 cm³/mol. The largest absolute Gasteiger partial charge is 0.375 e. The second-order valence-electron chi connectivity index (χ2n) is 3.74. The number of fused-ring (bicyclic) bond motifs is 1. The molecule has 19 heavy (non-hydrogen) atoms. The smallest absolute Gasteiger partial charge is 0.268 e. The van der Waals surface area contributed by atoms with Gasteiger partial charge in [-0.1, -0.05) is 17.7 Å². The maximum absolute atomic E-state index is 12.2. The van der Waals surface area contributed by atoms with Gasteiger partial charge in [0.2, 0.25) is 0 Å². The van der Waals surface area contributed by atoms with Crippen LogP contribution in [-0.4, -0.2) is 20.7 Å². The fourth-order valence-electron chi connectivity index (χ4n) is 1.55. The van der Waals surface area contributed by atoms with Crippen molar-refractivity contribution in [2.75, 3.05) is 0 Å². The summed E-state index contributed by atoms with van der Waals surface area (Å²) < 4.78 is 1.41. The lowest BCUT2D eigenvalue weighted by Crippen LogP contribution is -2.25. The molecule has 0 unspecified atom stereocenters. The lowest BCUT2D eigenvalue weighted by molar-refractivity contribution is 1.01. The molecule has 0 saturated carbocycles. The number of pyridine rings is 1. The van der Waals surface area contributed by atoms with Gasteiger partial charge in [-0.05, 0) is 30.8 Å². The number of nitrogens with two attached hydrogens (primary N) is 1. The van der Waals surface area contributed by atoms with Crippen molar-refractivity contribution < 1.29 is 0 Å². The molecule has 0 radical (unpaired) electrons. The van der Waals surface area contributed by atoms with E-state index in [0.717, 1.165) is 5.56 Å². The highest BCUT2D eigenvalue weighted by Gasteiger charge is 2.10. The number of aromatic nitrogens is 2. The van der Waals surface area contributed by atoms with Gasteiger partial charge in [0, 0.05) is 6.20 Å². The minimum Gasteiger partial charge on any atom is -0.375 e. The number of aryl methyl sites for hydroxylation is 1. The van der Waals surface area contributed by atoms with E-state index in [1.165, 1.54) is 10.6 Å². The Bertz CT molecular complexity index is 740. The molecule has 0 aromatic carbocycles. The van der Waals surface area contributed by atoms with Gasteiger partial charge in [-0.3, -0.25) is 14.6 Å². The number of nitrogens with zero attached hydrogens (tertiary/aromatic N) is 3. The van der Waals surface area contributed by atoms with Crippen molar-refractivity contribution in [1.29, 1.82) is 0 Å². The monoisotopic (exact) mass is 295 g/mol. The molecule has 0 aliphatic rings. The third kappa shape index (κ3) is 2.72. The van der Waals surface area contributed by atoms with Gasteiger partial charge in [-0.15, -0.1) is 0 Å². The fraction of sp³-hybridized carbons (Fsp3) is 0.0909. The van der Waals surface area contributed by atoms with Crippen LogP contribution in [-0.2, 0) is 0 Å². The van der Waals surface area contributed by atoms with E-state index in [1.54, 1.807) is 12.3 Å². The van der Waals surface area contributed by atoms with Gasteiger partial charge >= 0.3 is 0 Å². The number of hydrogen-bond donors (Lipinski definition) is 2. The van der Waals surface area contributed by atoms with Gasteiger partial charge in [0.25, 0.3) is 5.56 Å². The Labute approximate surface area is 118 Å². The van der Waals surface area contributed by atoms with Crippen molar-refractivity contribution in [1.82, 2.24) is 14.8 Å². The molecule has 8 heteroatoms. The average molecular weight is 296 g/mol. The first kappa shape index (κ1) is 13.4. The first-order valence-corrected chi connectivity index (χ1v) is 6.05. The quantitative estimate of drug-likeness (QED) is 0.371. The third-order valence-corrected chi connectivity index (χ3v) is 2.79. The number of thiocarbonyl (C=S) groups is 1. The Morgan fingerprint density at radius 1 is 1.68 bits per heavy atom. The number of rotatable bonds is 2. The van der Waals surface area contributed by atoms with E-state index in [2.05, 4.69) is 27.7 Å². The van der Waals surface area contributed by atoms with E-state index in [1.807, 2.05) is 13.0 Å². The summed E-state index contributed by atoms with van der Waals surface area (Å²) in [5, 5.41) is 3.79. The van der Waals surface area contributed by atoms with Crippen LogP contribution in [0.3, 0.4) is 0 Å². The fourth-order valence-corrected chi connectivity index (χ4v) is 1.82. The van der Waals surface area contributed by atoms with Crippen LogP contribution in [0.15, 0.2) is 28.2 Å². The third-order valence-electron chi connectivity index (χ3n) is 2.41. The minimum absolute atomic E-state index is 0.00272. The van der Waals surface area contributed by atoms with E-state index in [4.69, 9.17) is 17.3 Å². The summed E-state index contributed by atoms with van der Waals surface area (Å²) in [6, 6.07) is 3.60. The van der Waals surface area contributed by atoms with Gasteiger partial charge in [-0.25, -0.2) is 4.98 Å². The molecule has 6 nitrogen and oxygen atoms in total. The zero-order valence-corrected chi connectivity index (χ0v) is 11.5. The highest BCUT2D eigenvalue weighted by atomic mass is 35.5. The van der Waals surface area contributed by atoms with Crippen LogP contribution in [0.1, 0.15) is 11.1 Å². The summed E-state index contributed by atoms with van der Waals surface area (Å²) in [6.45, 7) is 1.85. The summed E-state index contributed by atoms with van der Waals surface area (Å²) in [4.78, 5) is 16.4. The van der Waals surface area contributed by atoms with Crippen LogP contribution in [0, 0.1) is 6.92 Å². The van der Waals surface area contributed by atoms with Crippen LogP contribution in [0.5, 0.6) is 0 Å². The molecule has 2 aromatic heterocycles. The van der Waals surface area contributed by atoms with Gasteiger partial charge in [-0.2, -0.15) is 5.10 Å². The molecule has 2 heterocycles. The molecular weight excluding hydrogens is 286 g/mol. The van der Waals surface area contributed by atoms with Crippen LogP contribution < -0.4 is 16.7 Å². The first-order valence-electron chi connectivity index (χ1n) is 5.26. The first-order chi connectivity index (χ1) is 9.00. The second kappa shape index (κ2) is 5.33. The normalized spacial score (nSPS) is 11.1. The van der Waals surface area contributed by atoms with E-state index in [9.17, 15) is 4.79 Å². The lowest BCUT2D eigenvalue weighted by atomic mass is 10.3. The van der Waals surface area contributed by atoms with E-state index < -0.39 is 0 Å². The Balaban J connectivity index is 2.60. The summed E-state index contributed by atoms with van der Waals surface area (Å²) in [5.74, 6) is 0. The topological polar surface area (TPSA) is 84.8 Å². The standard InChI is InChI=1S/C11H10ClN5OS/c1-6-3-2-4-17-9(6)15-8(12)7(10(17)18)5-14-16-11(13)19/h2-5H,1H3,(H3,13,16,19)/b14-5-. The molecule has 0 saturated heterocycles. The zero-order valence-electron chi connectivity index (χ0n) is 9.92. The lowest BCUT2D eigenvalue weighted by Gasteiger charge is -2.05. The van der Waals surface area contributed by atoms with Gasteiger partial charge < -0.3 is 5.73 Å². The van der Waals surface area contributed by atoms with E-state index >= 15 is 0 Å². The van der Waals surface area contributed by atoms with Gasteiger partial charge in [0.1, 0.15) is 10.8 Å². The van der Waals surface area contributed by atoms with Crippen LogP contribution >= 0.6 is 23.8 Å². The van der Waals surface area contributed by atoms with Crippen molar-refractivity contribution in [3.8, 4) is 0 Å². The predicted octanol–water partition coefficient (Wildman–Crippen LogP) is 0.823. The highest BCUT2D eigenvalue weighted by Crippen LogP contribution is 2.11. The van der Waals surface area contributed by atoms with Gasteiger partial charge in [0.15, 0.2) is 5.11 Å². The van der Waals surface area contributed by atoms with Crippen LogP contribution in [0.4, 0.5) is 0 Å². The number of hydrazone groups is 1. The second-order valence-corrected chi connectivity index (χ2v) is 4.54. The number of nitrogens with one attached hydrogen (secondary N) is 1. The maximum Gasteiger partial charge on any atom is 0.268 e. The Hall–Kier alpha value is -1.99. The van der Waals surface area contributed by atoms with Crippen molar-refractivity contribution >= 4 is 40.8 Å². The van der Waals surface area contributed by atoms with E-state index in [-0.39, 0.29) is 21.4 Å². The minimum atomic E-state index is -0.313. The number of halogens is 1. The summed E-state index contributed by atoms with van der Waals surface area (Å²) in [5.41, 5.74) is 8.78. The molecule has 0 atom stereocenters. The Morgan fingerprint density at radius 3 is 3.11 bits per heavy atom. The molecule has 98 valence electrons. The zero-order chi connectivity index (χ0) is 14.0. The Kier molecular flexibility index (Phi) is 3.77. The number of hydrogen-bond acceptors (Lipinski definition) is 4. The SMILES string of the molecule is Cc1cccn2c(=O)c(/C=N\NC(N)=S)c(Cl)nc12. The molecule has 0 aliphatic heterocycles. The molecule has 0 spiro atoms. The van der Waals surface area contributed by atoms with Crippen LogP contribution in [0.25, 0.3) is 5.65 Å². The maximum atomic E-state index is 12.2. The van der Waals surface area contributed by atoms with Crippen molar-refractivity contribution in [2.24, 2.45) is 10.8 Å². The van der Waals surface area contributed by atoms with Crippen molar-refractivity contribution in [2.45, 2.75) is 6.92 Å². The summed E-state index contributed by atoms with van der Waals surface area (Å²) in [6.07, 6.45) is 2.86. The highest BCUT2D eigenvalue weighted by molar-refractivity contribution is 7.80. The Morgan fingerprint density at radius 2 is 2.42 bits per heavy atom. The molecule has 0 amide bonds. The van der Waals surface area contributed by atoms with Crippen LogP contribution in [0.2, 0.25) is 5.15 Å². The molecule has 0 fully saturated rings. The average Bonchev–Trinajstić information content (AvgIpc) is 2.34. The summed E-state index contributed by atoms with van der Waals surface area (Å²) >= 11 is 10.6. The van der Waals surface area contributed by atoms with Crippen molar-refractivity contribution in [3.63, 3.8) is 0 Å². The molecular formula is C11H10ClN5OS. The molecule has 2 aromatic rings. The van der Waals surface area contributed by atoms with Crippen molar-refractivity contribution in [3.05, 3.63) is 45.0 Å². The molecule has 0 bridgehead atoms.